The van der Waals surface area contributed by atoms with E-state index in [4.69, 9.17) is 0 Å². The number of aliphatic hydroxyl groups is 1. The fraction of sp³-hybridized carbons (Fsp3) is 0.571. The Balaban J connectivity index is 2.93. The van der Waals surface area contributed by atoms with Gasteiger partial charge in [0.1, 0.15) is 6.10 Å². The fourth-order valence-electron chi connectivity index (χ4n) is 1.03. The number of aliphatic hydroxyl groups excluding tert-OH is 1. The summed E-state index contributed by atoms with van der Waals surface area (Å²) in [6.07, 6.45) is 1.40. The number of rotatable bonds is 2. The van der Waals surface area contributed by atoms with Gasteiger partial charge in [0.25, 0.3) is 0 Å². The number of hydrogen-bond donors (Lipinski definition) is 1. The molecule has 1 aromatic rings. The zero-order valence-electron chi connectivity index (χ0n) is 6.58. The molecule has 1 aromatic heterocycles. The predicted molar refractivity (Wildman–Crippen MR) is 46.7 cm³/mol. The van der Waals surface area contributed by atoms with E-state index in [2.05, 4.69) is 21.0 Å². The summed E-state index contributed by atoms with van der Waals surface area (Å²) in [4.78, 5) is 0. The Morgan fingerprint density at radius 3 is 2.82 bits per heavy atom. The molecular weight excluding hydrogens is 208 g/mol. The number of aromatic nitrogens is 2. The summed E-state index contributed by atoms with van der Waals surface area (Å²) in [6.45, 7) is 1.94. The normalized spacial score (nSPS) is 13.5. The molecule has 0 bridgehead atoms. The summed E-state index contributed by atoms with van der Waals surface area (Å²) in [5.74, 6) is 0. The lowest BCUT2D eigenvalue weighted by Gasteiger charge is -2.02. The van der Waals surface area contributed by atoms with Gasteiger partial charge in [-0.3, -0.25) is 4.68 Å². The quantitative estimate of drug-likeness (QED) is 0.758. The smallest absolute Gasteiger partial charge is 0.108 e. The molecule has 1 atom stereocenters. The van der Waals surface area contributed by atoms with Crippen LogP contribution >= 0.6 is 15.9 Å². The maximum absolute atomic E-state index is 9.40. The maximum Gasteiger partial charge on any atom is 0.108 e. The lowest BCUT2D eigenvalue weighted by Crippen LogP contribution is -2.01. The molecule has 0 fully saturated rings. The molecular formula is C7H11BrN2O. The SMILES string of the molecule is Cc1cn(C)nc1C(O)CBr. The third-order valence-electron chi connectivity index (χ3n) is 1.51. The number of aryl methyl sites for hydroxylation is 2. The first-order valence-electron chi connectivity index (χ1n) is 3.39. The van der Waals surface area contributed by atoms with Gasteiger partial charge >= 0.3 is 0 Å². The lowest BCUT2D eigenvalue weighted by molar-refractivity contribution is 0.199. The van der Waals surface area contributed by atoms with E-state index >= 15 is 0 Å². The highest BCUT2D eigenvalue weighted by molar-refractivity contribution is 9.09. The first-order valence-corrected chi connectivity index (χ1v) is 4.51. The minimum absolute atomic E-state index is 0.490. The van der Waals surface area contributed by atoms with Gasteiger partial charge in [0.15, 0.2) is 0 Å². The summed E-state index contributed by atoms with van der Waals surface area (Å²) in [7, 11) is 1.84. The Kier molecular flexibility index (Phi) is 2.67. The first-order chi connectivity index (χ1) is 5.15. The Hall–Kier alpha value is -0.350. The molecule has 0 spiro atoms. The molecule has 3 nitrogen and oxygen atoms in total. The molecule has 0 saturated heterocycles. The van der Waals surface area contributed by atoms with Crippen LogP contribution in [0.5, 0.6) is 0 Å². The van der Waals surface area contributed by atoms with E-state index in [0.717, 1.165) is 11.3 Å². The molecule has 0 aliphatic heterocycles. The summed E-state index contributed by atoms with van der Waals surface area (Å²) >= 11 is 3.20. The second-order valence-corrected chi connectivity index (χ2v) is 3.19. The van der Waals surface area contributed by atoms with Crippen LogP contribution in [0.2, 0.25) is 0 Å². The van der Waals surface area contributed by atoms with Gasteiger partial charge in [-0.1, -0.05) is 15.9 Å². The lowest BCUT2D eigenvalue weighted by atomic mass is 10.2. The molecule has 11 heavy (non-hydrogen) atoms. The van der Waals surface area contributed by atoms with Gasteiger partial charge in [0.2, 0.25) is 0 Å². The van der Waals surface area contributed by atoms with E-state index in [1.807, 2.05) is 20.2 Å². The highest BCUT2D eigenvalue weighted by Gasteiger charge is 2.11. The average molecular weight is 219 g/mol. The molecule has 4 heteroatoms. The van der Waals surface area contributed by atoms with Gasteiger partial charge in [-0.2, -0.15) is 5.10 Å². The molecule has 0 radical (unpaired) electrons. The van der Waals surface area contributed by atoms with Crippen molar-refractivity contribution in [1.82, 2.24) is 9.78 Å². The Labute approximate surface area is 74.2 Å². The average Bonchev–Trinajstić information content (AvgIpc) is 2.28. The Morgan fingerprint density at radius 2 is 2.45 bits per heavy atom. The number of nitrogens with zero attached hydrogens (tertiary/aromatic N) is 2. The first kappa shape index (κ1) is 8.74. The van der Waals surface area contributed by atoms with Crippen molar-refractivity contribution in [1.29, 1.82) is 0 Å². The number of alkyl halides is 1. The van der Waals surface area contributed by atoms with Crippen molar-refractivity contribution in [3.63, 3.8) is 0 Å². The molecule has 0 saturated carbocycles. The third-order valence-corrected chi connectivity index (χ3v) is 2.13. The van der Waals surface area contributed by atoms with E-state index < -0.39 is 6.10 Å². The van der Waals surface area contributed by atoms with Crippen LogP contribution in [0.4, 0.5) is 0 Å². The summed E-state index contributed by atoms with van der Waals surface area (Å²) in [5, 5.41) is 14.1. The largest absolute Gasteiger partial charge is 0.386 e. The van der Waals surface area contributed by atoms with E-state index in [1.54, 1.807) is 4.68 Å². The van der Waals surface area contributed by atoms with Crippen LogP contribution in [0.15, 0.2) is 6.20 Å². The van der Waals surface area contributed by atoms with Crippen LogP contribution in [0.3, 0.4) is 0 Å². The standard InChI is InChI=1S/C7H11BrN2O/c1-5-4-10(2)9-7(5)6(11)3-8/h4,6,11H,3H2,1-2H3. The molecule has 1 unspecified atom stereocenters. The maximum atomic E-state index is 9.40. The van der Waals surface area contributed by atoms with Crippen LogP contribution in [0.25, 0.3) is 0 Å². The van der Waals surface area contributed by atoms with Gasteiger partial charge in [-0.15, -0.1) is 0 Å². The summed E-state index contributed by atoms with van der Waals surface area (Å²) in [6, 6.07) is 0. The van der Waals surface area contributed by atoms with Crippen LogP contribution in [-0.4, -0.2) is 20.2 Å². The second kappa shape index (κ2) is 3.36. The van der Waals surface area contributed by atoms with Crippen molar-refractivity contribution in [3.05, 3.63) is 17.5 Å². The van der Waals surface area contributed by atoms with Gasteiger partial charge in [0, 0.05) is 18.6 Å². The van der Waals surface area contributed by atoms with Crippen molar-refractivity contribution in [2.45, 2.75) is 13.0 Å². The zero-order chi connectivity index (χ0) is 8.43. The number of halogens is 1. The minimum Gasteiger partial charge on any atom is -0.386 e. The zero-order valence-corrected chi connectivity index (χ0v) is 8.17. The topological polar surface area (TPSA) is 38.0 Å². The van der Waals surface area contributed by atoms with E-state index in [1.165, 1.54) is 0 Å². The molecule has 62 valence electrons. The molecule has 0 aliphatic carbocycles. The van der Waals surface area contributed by atoms with Crippen LogP contribution in [-0.2, 0) is 7.05 Å². The second-order valence-electron chi connectivity index (χ2n) is 2.54. The van der Waals surface area contributed by atoms with Gasteiger partial charge < -0.3 is 5.11 Å². The number of hydrogen-bond acceptors (Lipinski definition) is 2. The van der Waals surface area contributed by atoms with E-state index in [-0.39, 0.29) is 0 Å². The van der Waals surface area contributed by atoms with Crippen LogP contribution < -0.4 is 0 Å². The van der Waals surface area contributed by atoms with Crippen molar-refractivity contribution < 1.29 is 5.11 Å². The summed E-state index contributed by atoms with van der Waals surface area (Å²) < 4.78 is 1.70. The van der Waals surface area contributed by atoms with Gasteiger partial charge in [-0.05, 0) is 12.5 Å². The summed E-state index contributed by atoms with van der Waals surface area (Å²) in [5.41, 5.74) is 1.78. The molecule has 1 N–H and O–H groups in total. The van der Waals surface area contributed by atoms with Crippen molar-refractivity contribution in [3.8, 4) is 0 Å². The third kappa shape index (κ3) is 1.81. The van der Waals surface area contributed by atoms with Crippen LogP contribution in [0, 0.1) is 6.92 Å². The Bertz CT molecular complexity index is 247. The van der Waals surface area contributed by atoms with Crippen molar-refractivity contribution in [2.24, 2.45) is 7.05 Å². The van der Waals surface area contributed by atoms with Crippen molar-refractivity contribution in [2.75, 3.05) is 5.33 Å². The molecule has 1 rings (SSSR count). The molecule has 1 heterocycles. The minimum atomic E-state index is -0.490. The van der Waals surface area contributed by atoms with E-state index in [0.29, 0.717) is 5.33 Å². The predicted octanol–water partition coefficient (Wildman–Crippen LogP) is 1.16. The highest BCUT2D eigenvalue weighted by atomic mass is 79.9. The molecule has 0 amide bonds. The Morgan fingerprint density at radius 1 is 1.82 bits per heavy atom. The van der Waals surface area contributed by atoms with Crippen LogP contribution in [0.1, 0.15) is 17.4 Å². The van der Waals surface area contributed by atoms with Gasteiger partial charge in [-0.25, -0.2) is 0 Å². The monoisotopic (exact) mass is 218 g/mol. The van der Waals surface area contributed by atoms with Gasteiger partial charge in [0.05, 0.1) is 5.69 Å². The molecule has 0 aromatic carbocycles. The fourth-order valence-corrected chi connectivity index (χ4v) is 1.33. The van der Waals surface area contributed by atoms with Crippen molar-refractivity contribution >= 4 is 15.9 Å². The highest BCUT2D eigenvalue weighted by Crippen LogP contribution is 2.16. The van der Waals surface area contributed by atoms with E-state index in [9.17, 15) is 5.11 Å². The molecule has 0 aliphatic rings.